The molecular weight excluding hydrogens is 381 g/mol. The number of hydrogen-bond donors (Lipinski definition) is 1. The van der Waals surface area contributed by atoms with Gasteiger partial charge in [-0.25, -0.2) is 0 Å². The number of carbonyl (C=O) groups is 1. The Labute approximate surface area is 159 Å². The van der Waals surface area contributed by atoms with Gasteiger partial charge in [-0.1, -0.05) is 41.4 Å². The van der Waals surface area contributed by atoms with E-state index in [0.29, 0.717) is 26.4 Å². The van der Waals surface area contributed by atoms with E-state index >= 15 is 0 Å². The van der Waals surface area contributed by atoms with Gasteiger partial charge in [0.05, 0.1) is 19.2 Å². The van der Waals surface area contributed by atoms with E-state index in [4.69, 9.17) is 32.7 Å². The Balaban J connectivity index is 1.81. The third-order valence-corrected chi connectivity index (χ3v) is 5.76. The predicted molar refractivity (Wildman–Crippen MR) is 103 cm³/mol. The average Bonchev–Trinajstić information content (AvgIpc) is 2.97. The first-order valence-corrected chi connectivity index (χ1v) is 8.98. The van der Waals surface area contributed by atoms with E-state index in [9.17, 15) is 4.79 Å². The predicted octanol–water partition coefficient (Wildman–Crippen LogP) is 5.16. The van der Waals surface area contributed by atoms with E-state index in [0.717, 1.165) is 15.6 Å². The quantitative estimate of drug-likeness (QED) is 0.649. The van der Waals surface area contributed by atoms with E-state index in [1.807, 2.05) is 24.3 Å². The number of ether oxygens (including phenoxy) is 2. The third kappa shape index (κ3) is 3.54. The molecule has 0 saturated carbocycles. The summed E-state index contributed by atoms with van der Waals surface area (Å²) in [4.78, 5) is 13.0. The van der Waals surface area contributed by atoms with Crippen molar-refractivity contribution in [1.82, 2.24) is 5.32 Å². The van der Waals surface area contributed by atoms with Crippen LogP contribution in [0.1, 0.15) is 15.2 Å². The molecule has 1 heterocycles. The van der Waals surface area contributed by atoms with Gasteiger partial charge >= 0.3 is 0 Å². The highest BCUT2D eigenvalue weighted by Gasteiger charge is 2.17. The molecule has 3 aromatic rings. The smallest absolute Gasteiger partial charge is 0.263 e. The molecule has 25 heavy (non-hydrogen) atoms. The van der Waals surface area contributed by atoms with Crippen LogP contribution in [0.3, 0.4) is 0 Å². The molecule has 0 fully saturated rings. The van der Waals surface area contributed by atoms with Crippen LogP contribution >= 0.6 is 34.5 Å². The molecule has 0 aliphatic rings. The lowest BCUT2D eigenvalue weighted by Gasteiger charge is -2.12. The zero-order chi connectivity index (χ0) is 18.0. The fourth-order valence-electron chi connectivity index (χ4n) is 2.45. The molecule has 1 amide bonds. The fourth-order valence-corrected chi connectivity index (χ4v) is 4.10. The van der Waals surface area contributed by atoms with E-state index in [1.54, 1.807) is 26.4 Å². The van der Waals surface area contributed by atoms with Crippen LogP contribution in [0.25, 0.3) is 10.1 Å². The molecule has 0 saturated heterocycles. The summed E-state index contributed by atoms with van der Waals surface area (Å²) >= 11 is 14.0. The Morgan fingerprint density at radius 3 is 2.48 bits per heavy atom. The molecule has 1 aromatic heterocycles. The van der Waals surface area contributed by atoms with E-state index in [-0.39, 0.29) is 12.5 Å². The van der Waals surface area contributed by atoms with Crippen molar-refractivity contribution in [1.29, 1.82) is 0 Å². The minimum Gasteiger partial charge on any atom is -0.493 e. The van der Waals surface area contributed by atoms with Gasteiger partial charge in [-0.05, 0) is 17.7 Å². The minimum absolute atomic E-state index is 0.239. The van der Waals surface area contributed by atoms with Crippen molar-refractivity contribution in [3.05, 3.63) is 56.9 Å². The van der Waals surface area contributed by atoms with Gasteiger partial charge in [-0.2, -0.15) is 0 Å². The standard InChI is InChI=1S/C18H15Cl2NO3S/c1-23-13-7-10(12(19)8-14(13)24-2)9-21-18(22)17-16(20)11-5-3-4-6-15(11)25-17/h3-8H,9H2,1-2H3,(H,21,22). The van der Waals surface area contributed by atoms with E-state index < -0.39 is 0 Å². The van der Waals surface area contributed by atoms with Crippen molar-refractivity contribution in [3.63, 3.8) is 0 Å². The average molecular weight is 396 g/mol. The van der Waals surface area contributed by atoms with Crippen LogP contribution in [0.15, 0.2) is 36.4 Å². The molecule has 2 aromatic carbocycles. The second-order valence-corrected chi connectivity index (χ2v) is 7.06. The molecule has 0 unspecified atom stereocenters. The van der Waals surface area contributed by atoms with Gasteiger partial charge in [-0.15, -0.1) is 11.3 Å². The van der Waals surface area contributed by atoms with Crippen LogP contribution in [0.4, 0.5) is 0 Å². The maximum Gasteiger partial charge on any atom is 0.263 e. The number of hydrogen-bond acceptors (Lipinski definition) is 4. The lowest BCUT2D eigenvalue weighted by molar-refractivity contribution is 0.0955. The van der Waals surface area contributed by atoms with Gasteiger partial charge in [0.2, 0.25) is 0 Å². The van der Waals surface area contributed by atoms with Gasteiger partial charge in [0, 0.05) is 27.7 Å². The van der Waals surface area contributed by atoms with Crippen LogP contribution < -0.4 is 14.8 Å². The Kier molecular flexibility index (Phi) is 5.37. The molecule has 0 atom stereocenters. The molecule has 0 aliphatic heterocycles. The van der Waals surface area contributed by atoms with E-state index in [2.05, 4.69) is 5.32 Å². The van der Waals surface area contributed by atoms with Crippen molar-refractivity contribution in [3.8, 4) is 11.5 Å². The fraction of sp³-hybridized carbons (Fsp3) is 0.167. The molecule has 1 N–H and O–H groups in total. The first-order chi connectivity index (χ1) is 12.0. The lowest BCUT2D eigenvalue weighted by Crippen LogP contribution is -2.22. The highest BCUT2D eigenvalue weighted by Crippen LogP contribution is 2.36. The number of fused-ring (bicyclic) bond motifs is 1. The number of benzene rings is 2. The monoisotopic (exact) mass is 395 g/mol. The second-order valence-electron chi connectivity index (χ2n) is 5.22. The number of carbonyl (C=O) groups excluding carboxylic acids is 1. The highest BCUT2D eigenvalue weighted by atomic mass is 35.5. The summed E-state index contributed by atoms with van der Waals surface area (Å²) in [5.74, 6) is 0.850. The second kappa shape index (κ2) is 7.52. The maximum atomic E-state index is 12.5. The maximum absolute atomic E-state index is 12.5. The zero-order valence-electron chi connectivity index (χ0n) is 13.6. The molecule has 0 spiro atoms. The number of halogens is 2. The highest BCUT2D eigenvalue weighted by molar-refractivity contribution is 7.21. The van der Waals surface area contributed by atoms with Gasteiger partial charge in [-0.3, -0.25) is 4.79 Å². The van der Waals surface area contributed by atoms with Crippen LogP contribution in [0.2, 0.25) is 10.0 Å². The van der Waals surface area contributed by atoms with Crippen molar-refractivity contribution >= 4 is 50.5 Å². The summed E-state index contributed by atoms with van der Waals surface area (Å²) in [6.07, 6.45) is 0. The first kappa shape index (κ1) is 17.9. The number of rotatable bonds is 5. The summed E-state index contributed by atoms with van der Waals surface area (Å²) < 4.78 is 11.4. The van der Waals surface area contributed by atoms with Crippen LogP contribution in [-0.4, -0.2) is 20.1 Å². The Bertz CT molecular complexity index is 939. The largest absolute Gasteiger partial charge is 0.493 e. The van der Waals surface area contributed by atoms with E-state index in [1.165, 1.54) is 11.3 Å². The first-order valence-electron chi connectivity index (χ1n) is 7.40. The van der Waals surface area contributed by atoms with Crippen LogP contribution in [0.5, 0.6) is 11.5 Å². The summed E-state index contributed by atoms with van der Waals surface area (Å²) in [6.45, 7) is 0.253. The molecule has 0 bridgehead atoms. The SMILES string of the molecule is COc1cc(Cl)c(CNC(=O)c2sc3ccccc3c2Cl)cc1OC. The Morgan fingerprint density at radius 2 is 1.80 bits per heavy atom. The minimum atomic E-state index is -0.239. The number of thiophene rings is 1. The molecule has 0 aliphatic carbocycles. The van der Waals surface area contributed by atoms with Gasteiger partial charge in [0.15, 0.2) is 11.5 Å². The van der Waals surface area contributed by atoms with Crippen LogP contribution in [-0.2, 0) is 6.54 Å². The topological polar surface area (TPSA) is 47.6 Å². The van der Waals surface area contributed by atoms with Crippen molar-refractivity contribution in [2.45, 2.75) is 6.54 Å². The van der Waals surface area contributed by atoms with Crippen molar-refractivity contribution in [2.75, 3.05) is 14.2 Å². The molecular formula is C18H15Cl2NO3S. The summed E-state index contributed by atoms with van der Waals surface area (Å²) in [5.41, 5.74) is 0.727. The van der Waals surface area contributed by atoms with Crippen LogP contribution in [0, 0.1) is 0 Å². The van der Waals surface area contributed by atoms with Gasteiger partial charge in [0.25, 0.3) is 5.91 Å². The third-order valence-electron chi connectivity index (χ3n) is 3.73. The Morgan fingerprint density at radius 1 is 1.12 bits per heavy atom. The molecule has 7 heteroatoms. The Hall–Kier alpha value is -1.95. The summed E-state index contributed by atoms with van der Waals surface area (Å²) in [6, 6.07) is 11.1. The van der Waals surface area contributed by atoms with Crippen molar-refractivity contribution < 1.29 is 14.3 Å². The van der Waals surface area contributed by atoms with Gasteiger partial charge in [0.1, 0.15) is 4.88 Å². The number of amides is 1. The van der Waals surface area contributed by atoms with Crippen molar-refractivity contribution in [2.24, 2.45) is 0 Å². The molecule has 0 radical (unpaired) electrons. The van der Waals surface area contributed by atoms with Gasteiger partial charge < -0.3 is 14.8 Å². The normalized spacial score (nSPS) is 10.7. The summed E-state index contributed by atoms with van der Waals surface area (Å²) in [5, 5.41) is 4.69. The number of methoxy groups -OCH3 is 2. The molecule has 130 valence electrons. The zero-order valence-corrected chi connectivity index (χ0v) is 15.9. The molecule has 4 nitrogen and oxygen atoms in total. The lowest BCUT2D eigenvalue weighted by atomic mass is 10.2. The summed E-state index contributed by atoms with van der Waals surface area (Å²) in [7, 11) is 3.09. The molecule has 3 rings (SSSR count). The number of nitrogens with one attached hydrogen (secondary N) is 1.